The van der Waals surface area contributed by atoms with Crippen LogP contribution in [-0.4, -0.2) is 18.2 Å². The smallest absolute Gasteiger partial charge is 0.309 e. The van der Waals surface area contributed by atoms with Crippen LogP contribution in [0.15, 0.2) is 12.3 Å². The molecule has 3 heteroatoms. The Hall–Kier alpha value is -0.990. The number of carbonyl (C=O) groups excluding carboxylic acids is 1. The largest absolute Gasteiger partial charge is 0.491 e. The third-order valence-electron chi connectivity index (χ3n) is 4.83. The van der Waals surface area contributed by atoms with Crippen LogP contribution in [0.2, 0.25) is 0 Å². The maximum atomic E-state index is 11.9. The fourth-order valence-electron chi connectivity index (χ4n) is 3.62. The number of fused-ring (bicyclic) bond motifs is 1. The molecule has 3 aliphatic rings. The summed E-state index contributed by atoms with van der Waals surface area (Å²) in [6.45, 7) is 7.91. The normalized spacial score (nSPS) is 43.6. The van der Waals surface area contributed by atoms with Crippen molar-refractivity contribution in [3.8, 4) is 0 Å². The van der Waals surface area contributed by atoms with Crippen LogP contribution in [0, 0.1) is 23.7 Å². The maximum Gasteiger partial charge on any atom is 0.309 e. The lowest BCUT2D eigenvalue weighted by Crippen LogP contribution is -2.37. The molecule has 0 spiro atoms. The van der Waals surface area contributed by atoms with E-state index >= 15 is 0 Å². The van der Waals surface area contributed by atoms with Gasteiger partial charge in [-0.05, 0) is 19.3 Å². The Morgan fingerprint density at radius 3 is 3.06 bits per heavy atom. The molecule has 0 aromatic carbocycles. The molecular weight excluding hydrogens is 216 g/mol. The Morgan fingerprint density at radius 1 is 1.59 bits per heavy atom. The Labute approximate surface area is 102 Å². The van der Waals surface area contributed by atoms with Crippen molar-refractivity contribution in [3.63, 3.8) is 0 Å². The summed E-state index contributed by atoms with van der Waals surface area (Å²) in [6, 6.07) is 0. The molecule has 0 aromatic heterocycles. The minimum absolute atomic E-state index is 0.00507. The first kappa shape index (κ1) is 11.1. The predicted molar refractivity (Wildman–Crippen MR) is 63.1 cm³/mol. The maximum absolute atomic E-state index is 11.9. The summed E-state index contributed by atoms with van der Waals surface area (Å²) in [5.74, 6) is 2.44. The van der Waals surface area contributed by atoms with Crippen LogP contribution in [-0.2, 0) is 14.3 Å². The van der Waals surface area contributed by atoms with Crippen LogP contribution >= 0.6 is 0 Å². The Bertz CT molecular complexity index is 362. The molecule has 1 heterocycles. The molecule has 6 atom stereocenters. The number of esters is 1. The second-order valence-electron chi connectivity index (χ2n) is 5.76. The SMILES string of the molecule is C=C1OC2C3CC(CC13)C2OC(=O)C(C)CC. The highest BCUT2D eigenvalue weighted by atomic mass is 16.6. The van der Waals surface area contributed by atoms with Crippen molar-refractivity contribution in [2.75, 3.05) is 0 Å². The average Bonchev–Trinajstić information content (AvgIpc) is 2.92. The van der Waals surface area contributed by atoms with Gasteiger partial charge in [0, 0.05) is 17.8 Å². The molecule has 0 radical (unpaired) electrons. The van der Waals surface area contributed by atoms with Gasteiger partial charge in [-0.3, -0.25) is 4.79 Å². The van der Waals surface area contributed by atoms with E-state index in [9.17, 15) is 4.79 Å². The third-order valence-corrected chi connectivity index (χ3v) is 4.83. The topological polar surface area (TPSA) is 35.5 Å². The number of hydrogen-bond donors (Lipinski definition) is 0. The summed E-state index contributed by atoms with van der Waals surface area (Å²) in [5.41, 5.74) is 0. The molecule has 0 aromatic rings. The van der Waals surface area contributed by atoms with Crippen molar-refractivity contribution >= 4 is 5.97 Å². The van der Waals surface area contributed by atoms with Gasteiger partial charge in [-0.2, -0.15) is 0 Å². The summed E-state index contributed by atoms with van der Waals surface area (Å²) in [6.07, 6.45) is 3.16. The second kappa shape index (κ2) is 3.76. The van der Waals surface area contributed by atoms with Crippen molar-refractivity contribution < 1.29 is 14.3 Å². The zero-order valence-corrected chi connectivity index (χ0v) is 10.5. The highest BCUT2D eigenvalue weighted by molar-refractivity contribution is 5.72. The zero-order valence-electron chi connectivity index (χ0n) is 10.5. The quantitative estimate of drug-likeness (QED) is 0.706. The molecule has 0 N–H and O–H groups in total. The number of allylic oxidation sites excluding steroid dienone is 1. The van der Waals surface area contributed by atoms with Crippen molar-refractivity contribution in [2.24, 2.45) is 23.7 Å². The Morgan fingerprint density at radius 2 is 2.35 bits per heavy atom. The lowest BCUT2D eigenvalue weighted by molar-refractivity contribution is -0.161. The van der Waals surface area contributed by atoms with E-state index in [1.165, 1.54) is 0 Å². The van der Waals surface area contributed by atoms with Crippen LogP contribution in [0.5, 0.6) is 0 Å². The minimum atomic E-state index is -0.0669. The minimum Gasteiger partial charge on any atom is -0.491 e. The standard InChI is InChI=1S/C14H20O3/c1-4-7(2)14(15)17-12-9-5-10-8(3)16-13(12)11(10)6-9/h7,9-13H,3-6H2,1-2H3. The van der Waals surface area contributed by atoms with Crippen molar-refractivity contribution in [1.29, 1.82) is 0 Å². The zero-order chi connectivity index (χ0) is 12.2. The third kappa shape index (κ3) is 1.51. The van der Waals surface area contributed by atoms with Gasteiger partial charge in [0.25, 0.3) is 0 Å². The summed E-state index contributed by atoms with van der Waals surface area (Å²) < 4.78 is 11.5. The highest BCUT2D eigenvalue weighted by Gasteiger charge is 2.61. The first-order valence-corrected chi connectivity index (χ1v) is 6.67. The van der Waals surface area contributed by atoms with Gasteiger partial charge in [-0.15, -0.1) is 0 Å². The molecule has 2 saturated carbocycles. The molecule has 17 heavy (non-hydrogen) atoms. The van der Waals surface area contributed by atoms with E-state index in [4.69, 9.17) is 9.47 Å². The summed E-state index contributed by atoms with van der Waals surface area (Å²) in [5, 5.41) is 0. The van der Waals surface area contributed by atoms with E-state index in [2.05, 4.69) is 6.58 Å². The average molecular weight is 236 g/mol. The molecular formula is C14H20O3. The lowest BCUT2D eigenvalue weighted by Gasteiger charge is -2.26. The van der Waals surface area contributed by atoms with E-state index in [1.54, 1.807) is 0 Å². The number of carbonyl (C=O) groups is 1. The van der Waals surface area contributed by atoms with Crippen molar-refractivity contribution in [1.82, 2.24) is 0 Å². The first-order chi connectivity index (χ1) is 8.11. The Kier molecular flexibility index (Phi) is 2.46. The second-order valence-corrected chi connectivity index (χ2v) is 5.76. The van der Waals surface area contributed by atoms with Gasteiger partial charge in [0.15, 0.2) is 0 Å². The molecule has 94 valence electrons. The fourth-order valence-corrected chi connectivity index (χ4v) is 3.62. The van der Waals surface area contributed by atoms with E-state index in [0.29, 0.717) is 17.8 Å². The summed E-state index contributed by atoms with van der Waals surface area (Å²) in [7, 11) is 0. The van der Waals surface area contributed by atoms with Gasteiger partial charge in [0.05, 0.1) is 11.7 Å². The number of hydrogen-bond acceptors (Lipinski definition) is 3. The molecule has 2 aliphatic carbocycles. The summed E-state index contributed by atoms with van der Waals surface area (Å²) in [4.78, 5) is 11.9. The lowest BCUT2D eigenvalue weighted by atomic mass is 9.87. The molecule has 1 saturated heterocycles. The van der Waals surface area contributed by atoms with Crippen LogP contribution in [0.3, 0.4) is 0 Å². The molecule has 6 unspecified atom stereocenters. The van der Waals surface area contributed by atoms with Gasteiger partial charge >= 0.3 is 5.97 Å². The van der Waals surface area contributed by atoms with Crippen LogP contribution in [0.1, 0.15) is 33.1 Å². The molecule has 3 nitrogen and oxygen atoms in total. The van der Waals surface area contributed by atoms with E-state index < -0.39 is 0 Å². The van der Waals surface area contributed by atoms with Gasteiger partial charge < -0.3 is 9.47 Å². The van der Waals surface area contributed by atoms with Crippen LogP contribution in [0.25, 0.3) is 0 Å². The predicted octanol–water partition coefficient (Wildman–Crippen LogP) is 2.51. The van der Waals surface area contributed by atoms with Gasteiger partial charge in [0.2, 0.25) is 0 Å². The van der Waals surface area contributed by atoms with E-state index in [1.807, 2.05) is 13.8 Å². The molecule has 3 rings (SSSR count). The highest BCUT2D eigenvalue weighted by Crippen LogP contribution is 2.58. The monoisotopic (exact) mass is 236 g/mol. The number of rotatable bonds is 3. The van der Waals surface area contributed by atoms with Crippen molar-refractivity contribution in [3.05, 3.63) is 12.3 Å². The van der Waals surface area contributed by atoms with Crippen molar-refractivity contribution in [2.45, 2.75) is 45.3 Å². The van der Waals surface area contributed by atoms with Crippen LogP contribution < -0.4 is 0 Å². The number of ether oxygens (including phenoxy) is 2. The molecule has 1 aliphatic heterocycles. The first-order valence-electron chi connectivity index (χ1n) is 6.67. The van der Waals surface area contributed by atoms with E-state index in [0.717, 1.165) is 25.0 Å². The summed E-state index contributed by atoms with van der Waals surface area (Å²) >= 11 is 0. The van der Waals surface area contributed by atoms with Gasteiger partial charge in [-0.25, -0.2) is 0 Å². The van der Waals surface area contributed by atoms with Gasteiger partial charge in [0.1, 0.15) is 12.2 Å². The molecule has 0 amide bonds. The molecule has 3 fully saturated rings. The van der Waals surface area contributed by atoms with Crippen LogP contribution in [0.4, 0.5) is 0 Å². The Balaban J connectivity index is 1.70. The fraction of sp³-hybridized carbons (Fsp3) is 0.786. The van der Waals surface area contributed by atoms with E-state index in [-0.39, 0.29) is 24.1 Å². The molecule has 2 bridgehead atoms. The van der Waals surface area contributed by atoms with Gasteiger partial charge in [-0.1, -0.05) is 20.4 Å².